The molecular formula is C24H23F2N4O+. The number of nitrogens with one attached hydrogen (secondary N) is 1. The third kappa shape index (κ3) is 4.19. The highest BCUT2D eigenvalue weighted by Crippen LogP contribution is 2.22. The first kappa shape index (κ1) is 20.7. The molecule has 1 N–H and O–H groups in total. The van der Waals surface area contributed by atoms with Crippen molar-refractivity contribution in [2.75, 3.05) is 31.1 Å². The normalized spacial score (nSPS) is 14.4. The molecule has 31 heavy (non-hydrogen) atoms. The molecule has 1 aliphatic heterocycles. The third-order valence-electron chi connectivity index (χ3n) is 5.71. The van der Waals surface area contributed by atoms with Crippen molar-refractivity contribution in [2.24, 2.45) is 0 Å². The van der Waals surface area contributed by atoms with Gasteiger partial charge in [0.25, 0.3) is 11.7 Å². The Labute approximate surface area is 179 Å². The smallest absolute Gasteiger partial charge is 0.293 e. The molecule has 4 rings (SSSR count). The molecule has 5 nitrogen and oxygen atoms in total. The number of carbonyl (C=O) groups excluding carboxylic acids is 1. The summed E-state index contributed by atoms with van der Waals surface area (Å²) in [4.78, 5) is 19.8. The number of aromatic nitrogens is 1. The fourth-order valence-electron chi connectivity index (χ4n) is 4.00. The number of hydrogen-bond acceptors (Lipinski definition) is 3. The van der Waals surface area contributed by atoms with E-state index in [0.29, 0.717) is 38.2 Å². The molecule has 2 aromatic carbocycles. The van der Waals surface area contributed by atoms with Crippen LogP contribution in [-0.4, -0.2) is 37.0 Å². The van der Waals surface area contributed by atoms with Crippen molar-refractivity contribution < 1.29 is 18.6 Å². The van der Waals surface area contributed by atoms with E-state index >= 15 is 0 Å². The predicted octanol–water partition coefficient (Wildman–Crippen LogP) is 3.72. The summed E-state index contributed by atoms with van der Waals surface area (Å²) in [6, 6.07) is 13.3. The highest BCUT2D eigenvalue weighted by Gasteiger charge is 2.28. The van der Waals surface area contributed by atoms with Gasteiger partial charge in [-0.1, -0.05) is 13.0 Å². The lowest BCUT2D eigenvalue weighted by molar-refractivity contribution is -0.330. The largest absolute Gasteiger partial charge is 0.334 e. The Hall–Kier alpha value is -3.53. The molecule has 158 valence electrons. The number of benzene rings is 2. The molecule has 1 amide bonds. The van der Waals surface area contributed by atoms with E-state index in [0.717, 1.165) is 35.3 Å². The molecule has 0 radical (unpaired) electrons. The molecule has 0 spiro atoms. The van der Waals surface area contributed by atoms with Gasteiger partial charge in [-0.05, 0) is 42.3 Å². The van der Waals surface area contributed by atoms with Gasteiger partial charge in [0, 0.05) is 24.4 Å². The van der Waals surface area contributed by atoms with Gasteiger partial charge in [-0.3, -0.25) is 9.69 Å². The Balaban J connectivity index is 1.57. The van der Waals surface area contributed by atoms with Gasteiger partial charge in [0.05, 0.1) is 18.7 Å². The zero-order valence-electron chi connectivity index (χ0n) is 17.3. The zero-order chi connectivity index (χ0) is 22.0. The molecule has 0 saturated carbocycles. The Morgan fingerprint density at radius 2 is 1.94 bits per heavy atom. The number of nitriles is 1. The van der Waals surface area contributed by atoms with Gasteiger partial charge in [0.15, 0.2) is 0 Å². The van der Waals surface area contributed by atoms with Crippen LogP contribution in [-0.2, 0) is 6.42 Å². The highest BCUT2D eigenvalue weighted by molar-refractivity contribution is 5.94. The standard InChI is InChI=1S/C24H22F2N4O/c1-2-16-4-7-22-17(12-16)13-18(15-27)23(28-22)29-8-3-9-30(11-10-29)24(31)20-6-5-19(25)14-21(20)26/h4-7,12-14H,2-3,8-11H2,1H3/p+1. The maximum Gasteiger partial charge on any atom is 0.293 e. The lowest BCUT2D eigenvalue weighted by atomic mass is 10.1. The van der Waals surface area contributed by atoms with Gasteiger partial charge in [-0.2, -0.15) is 5.26 Å². The number of aryl methyl sites for hydroxylation is 1. The Kier molecular flexibility index (Phi) is 5.81. The maximum atomic E-state index is 14.1. The number of H-pyrrole nitrogens is 1. The van der Waals surface area contributed by atoms with E-state index in [9.17, 15) is 18.8 Å². The number of fused-ring (bicyclic) bond motifs is 1. The number of halogens is 2. The molecule has 0 atom stereocenters. The average molecular weight is 421 g/mol. The Morgan fingerprint density at radius 3 is 2.68 bits per heavy atom. The summed E-state index contributed by atoms with van der Waals surface area (Å²) in [5, 5.41) is 10.7. The van der Waals surface area contributed by atoms with Gasteiger partial charge in [-0.15, -0.1) is 0 Å². The second kappa shape index (κ2) is 8.68. The van der Waals surface area contributed by atoms with Gasteiger partial charge in [0.1, 0.15) is 35.3 Å². The number of hydrogen-bond donors (Lipinski definition) is 0. The lowest BCUT2D eigenvalue weighted by Crippen LogP contribution is -2.37. The van der Waals surface area contributed by atoms with Crippen molar-refractivity contribution in [3.05, 3.63) is 70.8 Å². The van der Waals surface area contributed by atoms with Crippen LogP contribution < -0.4 is 9.88 Å². The summed E-state index contributed by atoms with van der Waals surface area (Å²) < 4.78 is 27.2. The second-order valence-corrected chi connectivity index (χ2v) is 7.68. The van der Waals surface area contributed by atoms with Crippen LogP contribution >= 0.6 is 0 Å². The van der Waals surface area contributed by atoms with Crippen molar-refractivity contribution in [3.8, 4) is 6.07 Å². The van der Waals surface area contributed by atoms with Crippen molar-refractivity contribution in [3.63, 3.8) is 0 Å². The van der Waals surface area contributed by atoms with Crippen LogP contribution in [0.25, 0.3) is 10.9 Å². The number of amides is 1. The van der Waals surface area contributed by atoms with Gasteiger partial charge in [0.2, 0.25) is 0 Å². The minimum atomic E-state index is -0.854. The molecule has 0 unspecified atom stereocenters. The molecule has 1 aromatic heterocycles. The van der Waals surface area contributed by atoms with Crippen LogP contribution in [0.5, 0.6) is 0 Å². The molecule has 3 aromatic rings. The number of anilines is 1. The SMILES string of the molecule is CCc1ccc2[nH+]c(N3CCCN(C(=O)c4ccc(F)cc4F)CC3)c(C#N)cc2c1. The van der Waals surface area contributed by atoms with Crippen molar-refractivity contribution in [2.45, 2.75) is 19.8 Å². The number of pyridine rings is 1. The van der Waals surface area contributed by atoms with E-state index in [1.54, 1.807) is 4.90 Å². The Morgan fingerprint density at radius 1 is 1.10 bits per heavy atom. The fraction of sp³-hybridized carbons (Fsp3) is 0.292. The van der Waals surface area contributed by atoms with Crippen LogP contribution in [0.4, 0.5) is 14.6 Å². The fourth-order valence-corrected chi connectivity index (χ4v) is 4.00. The van der Waals surface area contributed by atoms with Crippen LogP contribution in [0.3, 0.4) is 0 Å². The topological polar surface area (TPSA) is 61.5 Å². The van der Waals surface area contributed by atoms with Crippen LogP contribution in [0.15, 0.2) is 42.5 Å². The minimum Gasteiger partial charge on any atom is -0.334 e. The molecule has 1 aliphatic rings. The minimum absolute atomic E-state index is 0.128. The Bertz CT molecular complexity index is 1190. The molecule has 0 aliphatic carbocycles. The third-order valence-corrected chi connectivity index (χ3v) is 5.71. The molecule has 1 saturated heterocycles. The van der Waals surface area contributed by atoms with Crippen LogP contribution in [0.1, 0.15) is 34.8 Å². The van der Waals surface area contributed by atoms with Gasteiger partial charge in [-0.25, -0.2) is 13.8 Å². The van der Waals surface area contributed by atoms with E-state index in [4.69, 9.17) is 0 Å². The first-order chi connectivity index (χ1) is 15.0. The van der Waals surface area contributed by atoms with E-state index in [2.05, 4.69) is 35.0 Å². The summed E-state index contributed by atoms with van der Waals surface area (Å²) in [6.45, 7) is 4.08. The zero-order valence-corrected chi connectivity index (χ0v) is 17.3. The summed E-state index contributed by atoms with van der Waals surface area (Å²) >= 11 is 0. The molecule has 1 fully saturated rings. The number of nitrogens with zero attached hydrogens (tertiary/aromatic N) is 3. The van der Waals surface area contributed by atoms with Crippen LogP contribution in [0, 0.1) is 23.0 Å². The summed E-state index contributed by atoms with van der Waals surface area (Å²) in [5.74, 6) is -1.29. The van der Waals surface area contributed by atoms with E-state index in [1.165, 1.54) is 11.6 Å². The van der Waals surface area contributed by atoms with E-state index in [-0.39, 0.29) is 5.56 Å². The summed E-state index contributed by atoms with van der Waals surface area (Å²) in [5.41, 5.74) is 2.56. The monoisotopic (exact) mass is 421 g/mol. The number of aromatic amines is 1. The molecule has 2 heterocycles. The molecular weight excluding hydrogens is 398 g/mol. The maximum absolute atomic E-state index is 14.1. The number of rotatable bonds is 3. The first-order valence-corrected chi connectivity index (χ1v) is 10.4. The van der Waals surface area contributed by atoms with E-state index in [1.807, 2.05) is 12.1 Å². The van der Waals surface area contributed by atoms with Gasteiger partial charge >= 0.3 is 0 Å². The lowest BCUT2D eigenvalue weighted by Gasteiger charge is -2.20. The van der Waals surface area contributed by atoms with Crippen molar-refractivity contribution in [1.82, 2.24) is 4.90 Å². The predicted molar refractivity (Wildman–Crippen MR) is 114 cm³/mol. The highest BCUT2D eigenvalue weighted by atomic mass is 19.1. The van der Waals surface area contributed by atoms with Crippen molar-refractivity contribution in [1.29, 1.82) is 5.26 Å². The summed E-state index contributed by atoms with van der Waals surface area (Å²) in [6.07, 6.45) is 1.59. The summed E-state index contributed by atoms with van der Waals surface area (Å²) in [7, 11) is 0. The second-order valence-electron chi connectivity index (χ2n) is 7.68. The van der Waals surface area contributed by atoms with Crippen molar-refractivity contribution >= 4 is 22.6 Å². The van der Waals surface area contributed by atoms with E-state index < -0.39 is 17.5 Å². The van der Waals surface area contributed by atoms with Gasteiger partial charge < -0.3 is 4.90 Å². The molecule has 0 bridgehead atoms. The quantitative estimate of drug-likeness (QED) is 0.648. The first-order valence-electron chi connectivity index (χ1n) is 10.4. The number of carbonyl (C=O) groups is 1. The average Bonchev–Trinajstić information content (AvgIpc) is 3.03. The molecule has 7 heteroatoms. The van der Waals surface area contributed by atoms with Crippen LogP contribution in [0.2, 0.25) is 0 Å².